The maximum atomic E-state index is 12.9. The second kappa shape index (κ2) is 6.45. The molecule has 1 fully saturated rings. The third-order valence-corrected chi connectivity index (χ3v) is 8.12. The minimum Gasteiger partial charge on any atom is -0.351 e. The first-order valence-electron chi connectivity index (χ1n) is 8.82. The molecule has 2 unspecified atom stereocenters. The predicted octanol–water partition coefficient (Wildman–Crippen LogP) is 0.886. The minimum absolute atomic E-state index is 0.0266. The van der Waals surface area contributed by atoms with Gasteiger partial charge in [0, 0.05) is 10.9 Å². The molecule has 0 radical (unpaired) electrons. The largest absolute Gasteiger partial charge is 0.351 e. The Hall–Kier alpha value is -1.74. The van der Waals surface area contributed by atoms with Crippen molar-refractivity contribution in [3.63, 3.8) is 0 Å². The van der Waals surface area contributed by atoms with Crippen LogP contribution in [0.4, 0.5) is 0 Å². The van der Waals surface area contributed by atoms with E-state index in [0.717, 1.165) is 29.7 Å². The molecule has 0 aromatic carbocycles. The molecule has 1 N–H and O–H groups in total. The van der Waals surface area contributed by atoms with Crippen LogP contribution in [0.1, 0.15) is 30.2 Å². The zero-order valence-electron chi connectivity index (χ0n) is 14.5. The Morgan fingerprint density at radius 2 is 2.23 bits per heavy atom. The van der Waals surface area contributed by atoms with Crippen molar-refractivity contribution in [1.29, 1.82) is 0 Å². The third-order valence-electron chi connectivity index (χ3n) is 5.19. The van der Waals surface area contributed by atoms with Crippen molar-refractivity contribution < 1.29 is 13.2 Å². The fourth-order valence-electron chi connectivity index (χ4n) is 3.82. The number of aromatic nitrogens is 2. The van der Waals surface area contributed by atoms with Gasteiger partial charge >= 0.3 is 0 Å². The molecule has 3 heterocycles. The van der Waals surface area contributed by atoms with Crippen LogP contribution in [-0.4, -0.2) is 41.4 Å². The number of nitrogens with one attached hydrogen (secondary N) is 1. The third kappa shape index (κ3) is 3.29. The molecule has 140 valence electrons. The number of thiophene rings is 1. The van der Waals surface area contributed by atoms with Crippen molar-refractivity contribution in [2.24, 2.45) is 5.92 Å². The molecule has 2 aliphatic rings. The van der Waals surface area contributed by atoms with Gasteiger partial charge in [-0.05, 0) is 37.2 Å². The Bertz CT molecular complexity index is 1040. The average molecular weight is 396 g/mol. The van der Waals surface area contributed by atoms with Crippen molar-refractivity contribution in [2.75, 3.05) is 11.5 Å². The Morgan fingerprint density at radius 3 is 2.96 bits per heavy atom. The van der Waals surface area contributed by atoms with Gasteiger partial charge in [-0.15, -0.1) is 11.3 Å². The van der Waals surface area contributed by atoms with Gasteiger partial charge in [0.15, 0.2) is 9.84 Å². The number of carbonyl (C=O) groups excluding carboxylic acids is 1. The monoisotopic (exact) mass is 395 g/mol. The van der Waals surface area contributed by atoms with E-state index in [1.807, 2.05) is 0 Å². The number of nitrogens with zero attached hydrogens (tertiary/aromatic N) is 2. The van der Waals surface area contributed by atoms with Crippen LogP contribution in [0.5, 0.6) is 0 Å². The fraction of sp³-hybridized carbons (Fsp3) is 0.588. The van der Waals surface area contributed by atoms with E-state index in [1.54, 1.807) is 11.3 Å². The van der Waals surface area contributed by atoms with E-state index in [0.29, 0.717) is 17.7 Å². The summed E-state index contributed by atoms with van der Waals surface area (Å²) in [6.45, 7) is 2.08. The van der Waals surface area contributed by atoms with Crippen LogP contribution < -0.4 is 10.9 Å². The predicted molar refractivity (Wildman–Crippen MR) is 100 cm³/mol. The zero-order chi connectivity index (χ0) is 18.5. The van der Waals surface area contributed by atoms with Gasteiger partial charge in [0.25, 0.3) is 5.56 Å². The highest BCUT2D eigenvalue weighted by molar-refractivity contribution is 7.91. The van der Waals surface area contributed by atoms with E-state index in [1.165, 1.54) is 15.8 Å². The lowest BCUT2D eigenvalue weighted by molar-refractivity contribution is -0.122. The molecule has 1 aliphatic heterocycles. The number of aryl methyl sites for hydroxylation is 1. The van der Waals surface area contributed by atoms with Crippen LogP contribution in [0, 0.1) is 5.92 Å². The smallest absolute Gasteiger partial charge is 0.262 e. The summed E-state index contributed by atoms with van der Waals surface area (Å²) in [5, 5.41) is 3.37. The first-order valence-corrected chi connectivity index (χ1v) is 11.5. The quantitative estimate of drug-likeness (QED) is 0.832. The van der Waals surface area contributed by atoms with E-state index in [2.05, 4.69) is 17.2 Å². The molecule has 2 aromatic rings. The normalized spacial score (nSPS) is 24.5. The van der Waals surface area contributed by atoms with Gasteiger partial charge in [0.05, 0.1) is 23.2 Å². The first-order chi connectivity index (χ1) is 12.3. The Labute approximate surface area is 155 Å². The van der Waals surface area contributed by atoms with Crippen LogP contribution in [-0.2, 0) is 34.0 Å². The van der Waals surface area contributed by atoms with Crippen LogP contribution in [0.15, 0.2) is 11.1 Å². The van der Waals surface area contributed by atoms with Crippen LogP contribution >= 0.6 is 11.3 Å². The van der Waals surface area contributed by atoms with Gasteiger partial charge in [0.1, 0.15) is 11.4 Å². The molecular formula is C17H21N3O4S2. The minimum atomic E-state index is -3.05. The summed E-state index contributed by atoms with van der Waals surface area (Å²) in [6.07, 6.45) is 4.76. The summed E-state index contributed by atoms with van der Waals surface area (Å²) < 4.78 is 24.3. The Morgan fingerprint density at radius 1 is 1.42 bits per heavy atom. The fourth-order valence-corrected chi connectivity index (χ4v) is 6.83. The molecule has 1 aliphatic carbocycles. The number of sulfone groups is 1. The summed E-state index contributed by atoms with van der Waals surface area (Å²) in [5.41, 5.74) is 0.911. The lowest BCUT2D eigenvalue weighted by Crippen LogP contribution is -2.39. The van der Waals surface area contributed by atoms with Crippen LogP contribution in [0.3, 0.4) is 0 Å². The standard InChI is InChI=1S/C17H21N3O4S2/c1-10-2-3-12-13(6-10)25-16-15(12)17(22)20(9-18-16)7-14(21)19-11-4-5-26(23,24)8-11/h9-11H,2-8H2,1H3,(H,19,21). The van der Waals surface area contributed by atoms with Crippen molar-refractivity contribution in [3.8, 4) is 0 Å². The molecule has 7 nitrogen and oxygen atoms in total. The zero-order valence-corrected chi connectivity index (χ0v) is 16.2. The van der Waals surface area contributed by atoms with Crippen molar-refractivity contribution >= 4 is 37.3 Å². The number of hydrogen-bond acceptors (Lipinski definition) is 6. The number of carbonyl (C=O) groups is 1. The van der Waals surface area contributed by atoms with Gasteiger partial charge in [-0.2, -0.15) is 0 Å². The van der Waals surface area contributed by atoms with Crippen molar-refractivity contribution in [2.45, 2.75) is 45.2 Å². The highest BCUT2D eigenvalue weighted by Crippen LogP contribution is 2.35. The Balaban J connectivity index is 1.56. The second-order valence-electron chi connectivity index (χ2n) is 7.38. The van der Waals surface area contributed by atoms with E-state index < -0.39 is 9.84 Å². The van der Waals surface area contributed by atoms with Gasteiger partial charge in [-0.25, -0.2) is 13.4 Å². The molecule has 2 atom stereocenters. The lowest BCUT2D eigenvalue weighted by Gasteiger charge is -2.17. The molecule has 1 saturated heterocycles. The highest BCUT2D eigenvalue weighted by atomic mass is 32.2. The van der Waals surface area contributed by atoms with Crippen LogP contribution in [0.25, 0.3) is 10.2 Å². The van der Waals surface area contributed by atoms with E-state index in [9.17, 15) is 18.0 Å². The lowest BCUT2D eigenvalue weighted by atomic mass is 9.89. The molecule has 9 heteroatoms. The summed E-state index contributed by atoms with van der Waals surface area (Å²) in [7, 11) is -3.05. The van der Waals surface area contributed by atoms with Gasteiger partial charge < -0.3 is 5.32 Å². The van der Waals surface area contributed by atoms with E-state index in [-0.39, 0.29) is 35.6 Å². The van der Waals surface area contributed by atoms with Crippen molar-refractivity contribution in [3.05, 3.63) is 27.1 Å². The number of amides is 1. The SMILES string of the molecule is CC1CCc2c(sc3ncn(CC(=O)NC4CCS(=O)(=O)C4)c(=O)c23)C1. The number of rotatable bonds is 3. The molecule has 2 aromatic heterocycles. The van der Waals surface area contributed by atoms with E-state index in [4.69, 9.17) is 0 Å². The molecule has 0 saturated carbocycles. The second-order valence-corrected chi connectivity index (χ2v) is 10.7. The molecule has 0 spiro atoms. The van der Waals surface area contributed by atoms with Crippen LogP contribution in [0.2, 0.25) is 0 Å². The van der Waals surface area contributed by atoms with E-state index >= 15 is 0 Å². The number of hydrogen-bond donors (Lipinski definition) is 1. The van der Waals surface area contributed by atoms with Gasteiger partial charge in [-0.3, -0.25) is 14.2 Å². The summed E-state index contributed by atoms with van der Waals surface area (Å²) in [4.78, 5) is 31.5. The number of fused-ring (bicyclic) bond motifs is 3. The Kier molecular flexibility index (Phi) is 4.38. The summed E-state index contributed by atoms with van der Waals surface area (Å²) in [5.74, 6) is 0.339. The highest BCUT2D eigenvalue weighted by Gasteiger charge is 2.29. The maximum absolute atomic E-state index is 12.9. The summed E-state index contributed by atoms with van der Waals surface area (Å²) >= 11 is 1.58. The topological polar surface area (TPSA) is 98.1 Å². The first kappa shape index (κ1) is 17.7. The van der Waals surface area contributed by atoms with Gasteiger partial charge in [-0.1, -0.05) is 6.92 Å². The van der Waals surface area contributed by atoms with Gasteiger partial charge in [0.2, 0.25) is 5.91 Å². The molecule has 26 heavy (non-hydrogen) atoms. The molecule has 1 amide bonds. The maximum Gasteiger partial charge on any atom is 0.262 e. The molecule has 4 rings (SSSR count). The summed E-state index contributed by atoms with van der Waals surface area (Å²) in [6, 6.07) is -0.365. The van der Waals surface area contributed by atoms with Crippen molar-refractivity contribution in [1.82, 2.24) is 14.9 Å². The molecular weight excluding hydrogens is 374 g/mol. The molecule has 0 bridgehead atoms. The average Bonchev–Trinajstić information content (AvgIpc) is 3.09.